The maximum Gasteiger partial charge on any atom is 0.252 e. The number of hydrogen-bond donors (Lipinski definition) is 2. The van der Waals surface area contributed by atoms with Gasteiger partial charge in [-0.1, -0.05) is 47.6 Å². The highest BCUT2D eigenvalue weighted by Crippen LogP contribution is 2.44. The van der Waals surface area contributed by atoms with Crippen LogP contribution in [0.4, 0.5) is 4.39 Å². The first-order valence-electron chi connectivity index (χ1n) is 13.9. The number of thioether (sulfide) groups is 1. The molecule has 0 radical (unpaired) electrons. The van der Waals surface area contributed by atoms with E-state index >= 15 is 0 Å². The zero-order chi connectivity index (χ0) is 30.5. The summed E-state index contributed by atoms with van der Waals surface area (Å²) in [6, 6.07) is 20.9. The zero-order valence-corrected chi connectivity index (χ0v) is 24.5. The number of azide groups is 1. The fourth-order valence-corrected chi connectivity index (χ4v) is 5.53. The Morgan fingerprint density at radius 3 is 2.70 bits per heavy atom. The molecule has 0 unspecified atom stereocenters. The number of carbonyl (C=O) groups excluding carboxylic acids is 1. The second-order valence-corrected chi connectivity index (χ2v) is 10.9. The average molecular weight is 604 g/mol. The molecule has 43 heavy (non-hydrogen) atoms. The van der Waals surface area contributed by atoms with Gasteiger partial charge in [-0.2, -0.15) is 11.8 Å². The van der Waals surface area contributed by atoms with Gasteiger partial charge in [-0.25, -0.2) is 9.38 Å². The first kappa shape index (κ1) is 31.6. The second kappa shape index (κ2) is 15.8. The van der Waals surface area contributed by atoms with Gasteiger partial charge in [0.2, 0.25) is 5.90 Å². The van der Waals surface area contributed by atoms with Crippen molar-refractivity contribution in [3.63, 3.8) is 0 Å². The molecule has 1 amide bonds. The Kier molecular flexibility index (Phi) is 11.6. The van der Waals surface area contributed by atoms with Crippen molar-refractivity contribution in [2.75, 3.05) is 25.5 Å². The molecule has 2 atom stereocenters. The highest BCUT2D eigenvalue weighted by atomic mass is 32.2. The van der Waals surface area contributed by atoms with E-state index in [9.17, 15) is 9.18 Å². The molecule has 0 fully saturated rings. The summed E-state index contributed by atoms with van der Waals surface area (Å²) in [5.41, 5.74) is 10.7. The Balaban J connectivity index is 1.58. The lowest BCUT2D eigenvalue weighted by Crippen LogP contribution is -2.48. The number of carbonyl (C=O) groups is 1. The van der Waals surface area contributed by atoms with Crippen molar-refractivity contribution in [2.45, 2.75) is 36.8 Å². The van der Waals surface area contributed by atoms with Gasteiger partial charge in [-0.15, -0.1) is 6.58 Å². The number of amides is 1. The molecule has 3 aromatic carbocycles. The molecule has 0 aliphatic carbocycles. The first-order chi connectivity index (χ1) is 21.0. The first-order valence-corrected chi connectivity index (χ1v) is 15.1. The minimum absolute atomic E-state index is 0.0473. The van der Waals surface area contributed by atoms with Crippen LogP contribution in [0.2, 0.25) is 0 Å². The average Bonchev–Trinajstić information content (AvgIpc) is 3.41. The molecule has 0 saturated carbocycles. The standard InChI is InChI=1S/C32H34FN5O4S/c1-2-16-32(31(40)35-17-20-43-22-23-8-12-26(33)13-9-23)29(28-7-4-3-6-25(28)21-36-38-34)42-30(37-32)24-10-14-27(15-11-24)41-19-5-18-39/h2-4,6-15,29,39H,1,5,16-22H2,(H,35,40)/t29-,32-/m1/s1. The number of hydrogen-bond acceptors (Lipinski definition) is 7. The van der Waals surface area contributed by atoms with E-state index in [4.69, 9.17) is 25.1 Å². The summed E-state index contributed by atoms with van der Waals surface area (Å²) in [6.07, 6.45) is 1.57. The van der Waals surface area contributed by atoms with Gasteiger partial charge in [-0.3, -0.25) is 4.79 Å². The van der Waals surface area contributed by atoms with Crippen LogP contribution in [0.15, 0.2) is 95.6 Å². The minimum Gasteiger partial charge on any atom is -0.494 e. The van der Waals surface area contributed by atoms with Crippen LogP contribution in [0.1, 0.15) is 41.2 Å². The van der Waals surface area contributed by atoms with E-state index in [0.717, 1.165) is 11.1 Å². The van der Waals surface area contributed by atoms with Crippen LogP contribution >= 0.6 is 11.8 Å². The molecule has 224 valence electrons. The topological polar surface area (TPSA) is 129 Å². The maximum atomic E-state index is 14.0. The summed E-state index contributed by atoms with van der Waals surface area (Å²) < 4.78 is 25.3. The van der Waals surface area contributed by atoms with Crippen LogP contribution in [-0.4, -0.2) is 48.0 Å². The molecule has 1 aliphatic heterocycles. The van der Waals surface area contributed by atoms with E-state index < -0.39 is 11.6 Å². The summed E-state index contributed by atoms with van der Waals surface area (Å²) >= 11 is 1.63. The molecule has 11 heteroatoms. The van der Waals surface area contributed by atoms with Crippen LogP contribution in [-0.2, 0) is 21.8 Å². The highest BCUT2D eigenvalue weighted by Gasteiger charge is 2.52. The SMILES string of the molecule is C=CC[C@@]1(C(=O)NCCSCc2ccc(F)cc2)N=C(c2ccc(OCCCO)cc2)O[C@@H]1c1ccccc1CN=[N+]=[N-]. The second-order valence-electron chi connectivity index (χ2n) is 9.80. The maximum absolute atomic E-state index is 14.0. The summed E-state index contributed by atoms with van der Waals surface area (Å²) in [7, 11) is 0. The van der Waals surface area contributed by atoms with Crippen LogP contribution < -0.4 is 10.1 Å². The Morgan fingerprint density at radius 2 is 1.98 bits per heavy atom. The molecule has 0 spiro atoms. The third-order valence-electron chi connectivity index (χ3n) is 6.84. The van der Waals surface area contributed by atoms with Gasteiger partial charge in [-0.05, 0) is 58.6 Å². The molecule has 2 N–H and O–H groups in total. The fourth-order valence-electron chi connectivity index (χ4n) is 4.71. The van der Waals surface area contributed by atoms with Crippen molar-refractivity contribution >= 4 is 23.6 Å². The molecule has 0 aromatic heterocycles. The number of halogens is 1. The largest absolute Gasteiger partial charge is 0.494 e. The Morgan fingerprint density at radius 1 is 1.21 bits per heavy atom. The number of nitrogens with zero attached hydrogens (tertiary/aromatic N) is 4. The Labute approximate surface area is 254 Å². The van der Waals surface area contributed by atoms with Gasteiger partial charge in [0.15, 0.2) is 11.6 Å². The molecule has 0 bridgehead atoms. The van der Waals surface area contributed by atoms with E-state index in [1.807, 2.05) is 36.4 Å². The number of nitrogens with one attached hydrogen (secondary N) is 1. The summed E-state index contributed by atoms with van der Waals surface area (Å²) in [5, 5.41) is 15.8. The van der Waals surface area contributed by atoms with Gasteiger partial charge in [0.05, 0.1) is 13.2 Å². The zero-order valence-electron chi connectivity index (χ0n) is 23.7. The summed E-state index contributed by atoms with van der Waals surface area (Å²) in [6.45, 7) is 4.83. The summed E-state index contributed by atoms with van der Waals surface area (Å²) in [4.78, 5) is 21.8. The Hall–Kier alpha value is -4.31. The van der Waals surface area contributed by atoms with Crippen LogP contribution in [0.3, 0.4) is 0 Å². The molecule has 4 rings (SSSR count). The number of aliphatic hydroxyl groups is 1. The molecule has 0 saturated heterocycles. The van der Waals surface area contributed by atoms with Gasteiger partial charge < -0.3 is 19.9 Å². The molecule has 1 heterocycles. The number of aliphatic imine (C=N–C) groups is 1. The van der Waals surface area contributed by atoms with Crippen LogP contribution in [0.5, 0.6) is 5.75 Å². The van der Waals surface area contributed by atoms with E-state index in [0.29, 0.717) is 53.9 Å². The normalized spacial score (nSPS) is 17.3. The third-order valence-corrected chi connectivity index (χ3v) is 7.87. The van der Waals surface area contributed by atoms with Gasteiger partial charge in [0.1, 0.15) is 11.6 Å². The fraction of sp³-hybridized carbons (Fsp3) is 0.312. The highest BCUT2D eigenvalue weighted by molar-refractivity contribution is 7.98. The van der Waals surface area contributed by atoms with Crippen molar-refractivity contribution in [1.82, 2.24) is 5.32 Å². The molecular weight excluding hydrogens is 569 g/mol. The van der Waals surface area contributed by atoms with E-state index in [1.54, 1.807) is 42.1 Å². The lowest BCUT2D eigenvalue weighted by atomic mass is 9.82. The quantitative estimate of drug-likeness (QED) is 0.0655. The van der Waals surface area contributed by atoms with Gasteiger partial charge in [0.25, 0.3) is 5.91 Å². The minimum atomic E-state index is -1.36. The van der Waals surface area contributed by atoms with Crippen molar-refractivity contribution in [1.29, 1.82) is 0 Å². The molecular formula is C32H34FN5O4S. The molecule has 9 nitrogen and oxygen atoms in total. The van der Waals surface area contributed by atoms with E-state index in [2.05, 4.69) is 21.9 Å². The third kappa shape index (κ3) is 8.16. The predicted octanol–water partition coefficient (Wildman–Crippen LogP) is 6.28. The Bertz CT molecular complexity index is 1460. The van der Waals surface area contributed by atoms with Crippen LogP contribution in [0, 0.1) is 5.82 Å². The van der Waals surface area contributed by atoms with E-state index in [1.165, 1.54) is 12.1 Å². The number of rotatable bonds is 16. The molecule has 3 aromatic rings. The lowest BCUT2D eigenvalue weighted by molar-refractivity contribution is -0.128. The van der Waals surface area contributed by atoms with E-state index in [-0.39, 0.29) is 31.3 Å². The van der Waals surface area contributed by atoms with Gasteiger partial charge >= 0.3 is 0 Å². The summed E-state index contributed by atoms with van der Waals surface area (Å²) in [5.74, 6) is 1.69. The monoisotopic (exact) mass is 603 g/mol. The van der Waals surface area contributed by atoms with Crippen LogP contribution in [0.25, 0.3) is 10.4 Å². The van der Waals surface area contributed by atoms with Gasteiger partial charge in [0, 0.05) is 48.0 Å². The van der Waals surface area contributed by atoms with Crippen molar-refractivity contribution < 1.29 is 23.8 Å². The van der Waals surface area contributed by atoms with Crippen molar-refractivity contribution in [3.05, 3.63) is 124 Å². The smallest absolute Gasteiger partial charge is 0.252 e. The predicted molar refractivity (Wildman–Crippen MR) is 166 cm³/mol. The van der Waals surface area contributed by atoms with Crippen molar-refractivity contribution in [3.8, 4) is 5.75 Å². The van der Waals surface area contributed by atoms with Crippen molar-refractivity contribution in [2.24, 2.45) is 10.1 Å². The number of ether oxygens (including phenoxy) is 2. The lowest BCUT2D eigenvalue weighted by Gasteiger charge is -2.30. The number of benzene rings is 3. The number of aliphatic hydroxyl groups excluding tert-OH is 1. The molecule has 1 aliphatic rings.